The van der Waals surface area contributed by atoms with Crippen LogP contribution in [0.25, 0.3) is 11.1 Å². The third-order valence-corrected chi connectivity index (χ3v) is 4.95. The molecule has 3 rings (SSSR count). The zero-order valence-corrected chi connectivity index (χ0v) is 16.2. The van der Waals surface area contributed by atoms with Gasteiger partial charge in [0.1, 0.15) is 0 Å². The van der Waals surface area contributed by atoms with Crippen LogP contribution in [0.3, 0.4) is 0 Å². The topological polar surface area (TPSA) is 82.8 Å². The van der Waals surface area contributed by atoms with Gasteiger partial charge in [0.15, 0.2) is 11.5 Å². The molecule has 0 spiro atoms. The Hall–Kier alpha value is -2.73. The number of hydrogen-bond donors (Lipinski definition) is 2. The lowest BCUT2D eigenvalue weighted by atomic mass is 9.95. The highest BCUT2D eigenvalue weighted by molar-refractivity contribution is 5.82. The predicted octanol–water partition coefficient (Wildman–Crippen LogP) is 3.12. The number of nitrogens with one attached hydrogen (secondary N) is 1. The van der Waals surface area contributed by atoms with Gasteiger partial charge in [0.2, 0.25) is 11.2 Å². The number of fused-ring (bicyclic) bond motifs is 3. The maximum absolute atomic E-state index is 12.6. The zero-order valence-electron chi connectivity index (χ0n) is 16.2. The van der Waals surface area contributed by atoms with Crippen LogP contribution < -0.4 is 30.7 Å². The highest BCUT2D eigenvalue weighted by Crippen LogP contribution is 2.49. The molecule has 0 radical (unpaired) electrons. The van der Waals surface area contributed by atoms with Crippen LogP contribution in [0.15, 0.2) is 29.1 Å². The van der Waals surface area contributed by atoms with E-state index in [9.17, 15) is 4.79 Å². The summed E-state index contributed by atoms with van der Waals surface area (Å²) in [5.74, 6) is 1.73. The van der Waals surface area contributed by atoms with Crippen molar-refractivity contribution in [3.8, 4) is 28.4 Å². The molecule has 0 bridgehead atoms. The van der Waals surface area contributed by atoms with Crippen molar-refractivity contribution in [2.75, 3.05) is 33.2 Å². The summed E-state index contributed by atoms with van der Waals surface area (Å²) in [6, 6.07) is 7.11. The van der Waals surface area contributed by atoms with E-state index in [0.29, 0.717) is 29.5 Å². The van der Waals surface area contributed by atoms with Gasteiger partial charge in [0.25, 0.3) is 0 Å². The van der Waals surface area contributed by atoms with Gasteiger partial charge in [0.05, 0.1) is 27.0 Å². The van der Waals surface area contributed by atoms with Crippen LogP contribution in [-0.2, 0) is 6.42 Å². The van der Waals surface area contributed by atoms with Crippen molar-refractivity contribution in [2.45, 2.75) is 25.8 Å². The maximum atomic E-state index is 12.6. The molecule has 144 valence electrons. The standard InChI is InChI=1S/C21H26N2O4/c1-5-23-16-9-7-13-14(11-17(16)24)15(22)8-6-12-10-18(25-2)20(26-3)21(27-4)19(12)13/h7,9-11,15H,5-6,8,22H2,1-4H3,(H,23,24)/t15-/m0/s1. The van der Waals surface area contributed by atoms with E-state index in [-0.39, 0.29) is 11.5 Å². The smallest absolute Gasteiger partial charge is 0.203 e. The summed E-state index contributed by atoms with van der Waals surface area (Å²) in [7, 11) is 4.79. The quantitative estimate of drug-likeness (QED) is 0.841. The lowest BCUT2D eigenvalue weighted by molar-refractivity contribution is 0.324. The Kier molecular flexibility index (Phi) is 5.56. The Morgan fingerprint density at radius 1 is 1.11 bits per heavy atom. The molecule has 2 aromatic carbocycles. The molecule has 1 aliphatic carbocycles. The van der Waals surface area contributed by atoms with Crippen molar-refractivity contribution in [3.63, 3.8) is 0 Å². The fourth-order valence-electron chi connectivity index (χ4n) is 3.68. The Morgan fingerprint density at radius 2 is 1.85 bits per heavy atom. The molecule has 0 aromatic heterocycles. The highest BCUT2D eigenvalue weighted by atomic mass is 16.5. The normalized spacial score (nSPS) is 15.2. The van der Waals surface area contributed by atoms with Gasteiger partial charge in [-0.2, -0.15) is 0 Å². The Bertz CT molecular complexity index is 912. The van der Waals surface area contributed by atoms with Crippen LogP contribution in [-0.4, -0.2) is 27.9 Å². The summed E-state index contributed by atoms with van der Waals surface area (Å²) >= 11 is 0. The largest absolute Gasteiger partial charge is 0.493 e. The van der Waals surface area contributed by atoms with E-state index in [1.165, 1.54) is 0 Å². The second-order valence-corrected chi connectivity index (χ2v) is 6.48. The maximum Gasteiger partial charge on any atom is 0.203 e. The number of hydrogen-bond acceptors (Lipinski definition) is 6. The number of anilines is 1. The number of methoxy groups -OCH3 is 3. The van der Waals surface area contributed by atoms with Crippen molar-refractivity contribution in [3.05, 3.63) is 45.6 Å². The zero-order chi connectivity index (χ0) is 19.6. The number of nitrogens with two attached hydrogens (primary N) is 1. The average molecular weight is 370 g/mol. The number of rotatable bonds is 5. The number of aryl methyl sites for hydroxylation is 1. The first-order chi connectivity index (χ1) is 13.0. The first-order valence-corrected chi connectivity index (χ1v) is 9.05. The molecule has 0 fully saturated rings. The molecule has 2 aromatic rings. The molecule has 0 heterocycles. The third kappa shape index (κ3) is 3.32. The van der Waals surface area contributed by atoms with Crippen molar-refractivity contribution in [2.24, 2.45) is 5.73 Å². The monoisotopic (exact) mass is 370 g/mol. The molecule has 1 atom stereocenters. The minimum Gasteiger partial charge on any atom is -0.493 e. The minimum absolute atomic E-state index is 0.0727. The molecule has 0 unspecified atom stereocenters. The molecule has 0 saturated heterocycles. The number of ether oxygens (including phenoxy) is 3. The van der Waals surface area contributed by atoms with E-state index in [2.05, 4.69) is 5.32 Å². The van der Waals surface area contributed by atoms with E-state index < -0.39 is 0 Å². The lowest BCUT2D eigenvalue weighted by Gasteiger charge is -2.19. The summed E-state index contributed by atoms with van der Waals surface area (Å²) in [5.41, 5.74) is 10.6. The summed E-state index contributed by atoms with van der Waals surface area (Å²) in [6.45, 7) is 2.62. The minimum atomic E-state index is -0.247. The van der Waals surface area contributed by atoms with Gasteiger partial charge in [-0.05, 0) is 54.7 Å². The molecule has 6 heteroatoms. The van der Waals surface area contributed by atoms with E-state index in [0.717, 1.165) is 35.1 Å². The van der Waals surface area contributed by atoms with Crippen molar-refractivity contribution in [1.29, 1.82) is 0 Å². The summed E-state index contributed by atoms with van der Waals surface area (Å²) in [6.07, 6.45) is 1.47. The summed E-state index contributed by atoms with van der Waals surface area (Å²) < 4.78 is 16.8. The van der Waals surface area contributed by atoms with Crippen LogP contribution in [0.2, 0.25) is 0 Å². The Morgan fingerprint density at radius 3 is 2.48 bits per heavy atom. The highest BCUT2D eigenvalue weighted by Gasteiger charge is 2.27. The van der Waals surface area contributed by atoms with Crippen LogP contribution in [0.1, 0.15) is 30.5 Å². The fraction of sp³-hybridized carbons (Fsp3) is 0.381. The predicted molar refractivity (Wildman–Crippen MR) is 107 cm³/mol. The van der Waals surface area contributed by atoms with Gasteiger partial charge >= 0.3 is 0 Å². The van der Waals surface area contributed by atoms with Crippen LogP contribution in [0, 0.1) is 0 Å². The molecule has 6 nitrogen and oxygen atoms in total. The number of benzene rings is 1. The van der Waals surface area contributed by atoms with E-state index in [4.69, 9.17) is 19.9 Å². The van der Waals surface area contributed by atoms with E-state index >= 15 is 0 Å². The van der Waals surface area contributed by atoms with E-state index in [1.807, 2.05) is 25.1 Å². The lowest BCUT2D eigenvalue weighted by Crippen LogP contribution is -2.13. The fourth-order valence-corrected chi connectivity index (χ4v) is 3.68. The second-order valence-electron chi connectivity index (χ2n) is 6.48. The summed E-state index contributed by atoms with van der Waals surface area (Å²) in [4.78, 5) is 12.6. The molecular formula is C21H26N2O4. The summed E-state index contributed by atoms with van der Waals surface area (Å²) in [5, 5.41) is 3.11. The van der Waals surface area contributed by atoms with Crippen molar-refractivity contribution >= 4 is 5.69 Å². The third-order valence-electron chi connectivity index (χ3n) is 4.95. The molecule has 1 aliphatic rings. The van der Waals surface area contributed by atoms with Crippen molar-refractivity contribution in [1.82, 2.24) is 0 Å². The molecule has 0 saturated carbocycles. The Balaban J connectivity index is 2.39. The van der Waals surface area contributed by atoms with E-state index in [1.54, 1.807) is 27.4 Å². The molecular weight excluding hydrogens is 344 g/mol. The second kappa shape index (κ2) is 7.88. The van der Waals surface area contributed by atoms with Gasteiger partial charge < -0.3 is 25.3 Å². The van der Waals surface area contributed by atoms with Gasteiger partial charge in [-0.3, -0.25) is 4.79 Å². The molecule has 27 heavy (non-hydrogen) atoms. The molecule has 0 amide bonds. The first-order valence-electron chi connectivity index (χ1n) is 9.05. The van der Waals surface area contributed by atoms with Gasteiger partial charge in [-0.1, -0.05) is 6.07 Å². The van der Waals surface area contributed by atoms with Gasteiger partial charge in [-0.25, -0.2) is 0 Å². The SMILES string of the molecule is CCNc1ccc2c(cc1=O)[C@@H](N)CCc1cc(OC)c(OC)c(OC)c1-2. The van der Waals surface area contributed by atoms with Crippen LogP contribution in [0.5, 0.6) is 17.2 Å². The Labute approximate surface area is 159 Å². The van der Waals surface area contributed by atoms with Gasteiger partial charge in [-0.15, -0.1) is 0 Å². The van der Waals surface area contributed by atoms with Gasteiger partial charge in [0, 0.05) is 18.2 Å². The van der Waals surface area contributed by atoms with Crippen molar-refractivity contribution < 1.29 is 14.2 Å². The molecule has 3 N–H and O–H groups in total. The van der Waals surface area contributed by atoms with Crippen LogP contribution in [0.4, 0.5) is 5.69 Å². The van der Waals surface area contributed by atoms with Crippen LogP contribution >= 0.6 is 0 Å². The molecule has 0 aliphatic heterocycles. The first kappa shape index (κ1) is 19.0. The average Bonchev–Trinajstić information content (AvgIpc) is 2.91.